The molecule has 0 bridgehead atoms. The molecule has 0 saturated heterocycles. The van der Waals surface area contributed by atoms with Gasteiger partial charge < -0.3 is 16.6 Å². The van der Waals surface area contributed by atoms with E-state index in [-0.39, 0.29) is 5.75 Å². The van der Waals surface area contributed by atoms with Gasteiger partial charge in [0.25, 0.3) is 0 Å². The minimum absolute atomic E-state index is 0.190. The monoisotopic (exact) mass is 192 g/mol. The molecular weight excluding hydrogens is 180 g/mol. The molecule has 0 rings (SSSR count). The van der Waals surface area contributed by atoms with Gasteiger partial charge in [0.15, 0.2) is 0 Å². The molecular formula is C6H12N2O3S. The smallest absolute Gasteiger partial charge is 0.321 e. The molecule has 1 atom stereocenters. The maximum Gasteiger partial charge on any atom is 0.321 e. The van der Waals surface area contributed by atoms with E-state index in [0.29, 0.717) is 0 Å². The van der Waals surface area contributed by atoms with Gasteiger partial charge in [-0.1, -0.05) is 6.58 Å². The summed E-state index contributed by atoms with van der Waals surface area (Å²) in [5.41, 5.74) is 9.47. The molecule has 0 aliphatic rings. The topological polar surface area (TPSA) is 106 Å². The molecule has 12 heavy (non-hydrogen) atoms. The lowest BCUT2D eigenvalue weighted by atomic mass is 10.4. The van der Waals surface area contributed by atoms with Crippen molar-refractivity contribution < 1.29 is 14.7 Å². The van der Waals surface area contributed by atoms with Gasteiger partial charge in [0, 0.05) is 5.75 Å². The van der Waals surface area contributed by atoms with E-state index in [1.165, 1.54) is 0 Å². The van der Waals surface area contributed by atoms with Crippen LogP contribution in [0, 0.1) is 0 Å². The molecule has 0 aliphatic heterocycles. The number of carboxylic acid groups (broad SMARTS) is 1. The van der Waals surface area contributed by atoms with Crippen LogP contribution < -0.4 is 11.5 Å². The molecule has 0 aromatic carbocycles. The van der Waals surface area contributed by atoms with Gasteiger partial charge in [-0.15, -0.1) is 0 Å². The summed E-state index contributed by atoms with van der Waals surface area (Å²) in [6.07, 6.45) is 1.06. The Morgan fingerprint density at radius 2 is 2.00 bits per heavy atom. The summed E-state index contributed by atoms with van der Waals surface area (Å²) in [5.74, 6) is -1.30. The predicted octanol–water partition coefficient (Wildman–Crippen LogP) is -1.01. The fourth-order valence-electron chi connectivity index (χ4n) is 0.0781. The number of carbonyl (C=O) groups is 2. The van der Waals surface area contributed by atoms with Crippen molar-refractivity contribution in [2.24, 2.45) is 11.5 Å². The Balaban J connectivity index is 0. The lowest BCUT2D eigenvalue weighted by Gasteiger charge is -1.96. The van der Waals surface area contributed by atoms with E-state index < -0.39 is 17.9 Å². The van der Waals surface area contributed by atoms with Gasteiger partial charge in [-0.05, 0) is 6.08 Å². The number of hydrogen-bond acceptors (Lipinski definition) is 4. The molecule has 0 radical (unpaired) electrons. The average molecular weight is 192 g/mol. The molecule has 0 aromatic heterocycles. The van der Waals surface area contributed by atoms with Crippen LogP contribution in [0.5, 0.6) is 0 Å². The van der Waals surface area contributed by atoms with E-state index in [1.807, 2.05) is 0 Å². The van der Waals surface area contributed by atoms with Crippen LogP contribution in [0.1, 0.15) is 0 Å². The van der Waals surface area contributed by atoms with Crippen molar-refractivity contribution in [3.63, 3.8) is 0 Å². The van der Waals surface area contributed by atoms with Crippen molar-refractivity contribution in [1.82, 2.24) is 0 Å². The van der Waals surface area contributed by atoms with Gasteiger partial charge in [-0.2, -0.15) is 12.6 Å². The van der Waals surface area contributed by atoms with Crippen LogP contribution in [0.3, 0.4) is 0 Å². The van der Waals surface area contributed by atoms with Crippen molar-refractivity contribution >= 4 is 24.5 Å². The largest absolute Gasteiger partial charge is 0.480 e. The van der Waals surface area contributed by atoms with Crippen LogP contribution in [0.2, 0.25) is 0 Å². The van der Waals surface area contributed by atoms with Crippen LogP contribution in [-0.2, 0) is 9.59 Å². The average Bonchev–Trinajstić information content (AvgIpc) is 2.04. The molecule has 0 heterocycles. The maximum atomic E-state index is 9.76. The summed E-state index contributed by atoms with van der Waals surface area (Å²) in [7, 11) is 0. The summed E-state index contributed by atoms with van der Waals surface area (Å²) in [6, 6.07) is -0.816. The number of primary amides is 1. The third-order valence-electron chi connectivity index (χ3n) is 0.715. The zero-order valence-corrected chi connectivity index (χ0v) is 7.33. The summed E-state index contributed by atoms with van der Waals surface area (Å²) in [5, 5.41) is 8.01. The SMILES string of the molecule is C=CC(N)=O.N[C@@H](CS)C(=O)O. The predicted molar refractivity (Wildman–Crippen MR) is 48.9 cm³/mol. The van der Waals surface area contributed by atoms with E-state index in [1.54, 1.807) is 0 Å². The summed E-state index contributed by atoms with van der Waals surface area (Å²) < 4.78 is 0. The zero-order chi connectivity index (χ0) is 10.1. The first-order chi connectivity index (χ1) is 5.45. The minimum Gasteiger partial charge on any atom is -0.480 e. The number of carboxylic acids is 1. The van der Waals surface area contributed by atoms with Crippen LogP contribution in [0.25, 0.3) is 0 Å². The first-order valence-corrected chi connectivity index (χ1v) is 3.60. The van der Waals surface area contributed by atoms with E-state index in [0.717, 1.165) is 6.08 Å². The van der Waals surface area contributed by atoms with E-state index in [9.17, 15) is 9.59 Å². The van der Waals surface area contributed by atoms with Crippen LogP contribution >= 0.6 is 12.6 Å². The van der Waals surface area contributed by atoms with Crippen molar-refractivity contribution in [3.8, 4) is 0 Å². The second-order valence-electron chi connectivity index (χ2n) is 1.73. The first-order valence-electron chi connectivity index (χ1n) is 2.96. The molecule has 6 heteroatoms. The highest BCUT2D eigenvalue weighted by Crippen LogP contribution is 1.80. The van der Waals surface area contributed by atoms with Crippen molar-refractivity contribution in [2.45, 2.75) is 6.04 Å². The number of amides is 1. The second kappa shape index (κ2) is 8.09. The van der Waals surface area contributed by atoms with Gasteiger partial charge in [0.05, 0.1) is 0 Å². The summed E-state index contributed by atoms with van der Waals surface area (Å²) >= 11 is 3.65. The molecule has 0 saturated carbocycles. The Bertz CT molecular complexity index is 172. The molecule has 0 spiro atoms. The number of rotatable bonds is 3. The van der Waals surface area contributed by atoms with E-state index in [2.05, 4.69) is 24.9 Å². The third kappa shape index (κ3) is 11.7. The summed E-state index contributed by atoms with van der Waals surface area (Å²) in [4.78, 5) is 19.2. The Morgan fingerprint density at radius 3 is 2.00 bits per heavy atom. The normalized spacial score (nSPS) is 10.5. The Labute approximate surface area is 75.8 Å². The molecule has 5 N–H and O–H groups in total. The molecule has 70 valence electrons. The number of nitrogens with two attached hydrogens (primary N) is 2. The fraction of sp³-hybridized carbons (Fsp3) is 0.333. The van der Waals surface area contributed by atoms with Gasteiger partial charge >= 0.3 is 5.97 Å². The molecule has 1 amide bonds. The first kappa shape index (κ1) is 13.6. The highest BCUT2D eigenvalue weighted by Gasteiger charge is 2.06. The lowest BCUT2D eigenvalue weighted by Crippen LogP contribution is -2.31. The van der Waals surface area contributed by atoms with Crippen LogP contribution in [0.4, 0.5) is 0 Å². The van der Waals surface area contributed by atoms with Gasteiger partial charge in [0.1, 0.15) is 6.04 Å². The van der Waals surface area contributed by atoms with Gasteiger partial charge in [0.2, 0.25) is 5.91 Å². The Kier molecular flexibility index (Phi) is 9.15. The number of aliphatic carboxylic acids is 1. The van der Waals surface area contributed by atoms with E-state index >= 15 is 0 Å². The molecule has 0 aromatic rings. The maximum absolute atomic E-state index is 9.76. The number of thiol groups is 1. The quantitative estimate of drug-likeness (QED) is 0.339. The highest BCUT2D eigenvalue weighted by atomic mass is 32.1. The summed E-state index contributed by atoms with van der Waals surface area (Å²) in [6.45, 7) is 3.09. The number of hydrogen-bond donors (Lipinski definition) is 4. The fourth-order valence-corrected chi connectivity index (χ4v) is 0.234. The molecule has 5 nitrogen and oxygen atoms in total. The van der Waals surface area contributed by atoms with Crippen molar-refractivity contribution in [3.05, 3.63) is 12.7 Å². The second-order valence-corrected chi connectivity index (χ2v) is 2.10. The van der Waals surface area contributed by atoms with Crippen molar-refractivity contribution in [1.29, 1.82) is 0 Å². The van der Waals surface area contributed by atoms with Crippen LogP contribution in [0.15, 0.2) is 12.7 Å². The number of carbonyl (C=O) groups excluding carboxylic acids is 1. The van der Waals surface area contributed by atoms with Crippen LogP contribution in [-0.4, -0.2) is 28.8 Å². The van der Waals surface area contributed by atoms with Gasteiger partial charge in [-0.25, -0.2) is 0 Å². The lowest BCUT2D eigenvalue weighted by molar-refractivity contribution is -0.137. The molecule has 0 aliphatic carbocycles. The Hall–Kier alpha value is -1.01. The Morgan fingerprint density at radius 1 is 1.67 bits per heavy atom. The van der Waals surface area contributed by atoms with Gasteiger partial charge in [-0.3, -0.25) is 9.59 Å². The molecule has 0 unspecified atom stereocenters. The minimum atomic E-state index is -1.00. The van der Waals surface area contributed by atoms with E-state index in [4.69, 9.17) is 10.8 Å². The van der Waals surface area contributed by atoms with Crippen molar-refractivity contribution in [2.75, 3.05) is 5.75 Å². The molecule has 0 fully saturated rings. The third-order valence-corrected chi connectivity index (χ3v) is 1.11. The zero-order valence-electron chi connectivity index (χ0n) is 6.43. The standard InChI is InChI=1S/C3H7NO2S.C3H5NO/c4-2(1-7)3(5)6;1-2-3(4)5/h2,7H,1,4H2,(H,5,6);2H,1H2,(H2,4,5)/t2-;/m0./s1. The highest BCUT2D eigenvalue weighted by molar-refractivity contribution is 7.80.